The van der Waals surface area contributed by atoms with Crippen LogP contribution in [0.2, 0.25) is 5.02 Å². The van der Waals surface area contributed by atoms with Gasteiger partial charge in [0.2, 0.25) is 0 Å². The van der Waals surface area contributed by atoms with Gasteiger partial charge >= 0.3 is 0 Å². The van der Waals surface area contributed by atoms with Crippen molar-refractivity contribution >= 4 is 39.8 Å². The molecule has 5 rings (SSSR count). The summed E-state index contributed by atoms with van der Waals surface area (Å²) in [4.78, 5) is 19.4. The van der Waals surface area contributed by atoms with Crippen molar-refractivity contribution < 1.29 is 9.53 Å². The molecule has 7 nitrogen and oxygen atoms in total. The molecule has 0 bridgehead atoms. The van der Waals surface area contributed by atoms with Gasteiger partial charge in [0.1, 0.15) is 17.1 Å². The Balaban J connectivity index is 1.21. The van der Waals surface area contributed by atoms with Crippen LogP contribution in [0.3, 0.4) is 0 Å². The van der Waals surface area contributed by atoms with Crippen molar-refractivity contribution in [2.24, 2.45) is 11.1 Å². The second-order valence-corrected chi connectivity index (χ2v) is 11.2. The number of ether oxygens (including phenoxy) is 1. The molecule has 1 amide bonds. The number of nitrogens with one attached hydrogen (secondary N) is 3. The van der Waals surface area contributed by atoms with Crippen LogP contribution >= 0.6 is 11.6 Å². The number of aromatic amines is 1. The largest absolute Gasteiger partial charge is 0.455 e. The Hall–Kier alpha value is -3.81. The van der Waals surface area contributed by atoms with E-state index in [4.69, 9.17) is 22.1 Å². The lowest BCUT2D eigenvalue weighted by molar-refractivity contribution is 0.0998. The minimum Gasteiger partial charge on any atom is -0.455 e. The number of hydrogen-bond acceptors (Lipinski definition) is 5. The van der Waals surface area contributed by atoms with Crippen LogP contribution < -0.4 is 21.1 Å². The zero-order valence-electron chi connectivity index (χ0n) is 22.3. The molecule has 0 unspecified atom stereocenters. The number of carbonyl (C=O) groups excluding carboxylic acids is 1. The molecule has 202 valence electrons. The molecule has 1 aliphatic carbocycles. The van der Waals surface area contributed by atoms with Gasteiger partial charge in [0, 0.05) is 48.0 Å². The summed E-state index contributed by atoms with van der Waals surface area (Å²) in [5.74, 6) is 0.373. The van der Waals surface area contributed by atoms with Gasteiger partial charge in [-0.25, -0.2) is 4.98 Å². The smallest absolute Gasteiger partial charge is 0.252 e. The molecule has 0 saturated heterocycles. The van der Waals surface area contributed by atoms with E-state index in [-0.39, 0.29) is 0 Å². The fourth-order valence-electron chi connectivity index (χ4n) is 5.04. The van der Waals surface area contributed by atoms with Crippen LogP contribution in [-0.4, -0.2) is 35.5 Å². The van der Waals surface area contributed by atoms with Crippen LogP contribution in [0, 0.1) is 5.41 Å². The van der Waals surface area contributed by atoms with E-state index in [0.29, 0.717) is 29.0 Å². The van der Waals surface area contributed by atoms with Crippen LogP contribution in [0.1, 0.15) is 49.0 Å². The maximum atomic E-state index is 12.0. The maximum absolute atomic E-state index is 12.0. The van der Waals surface area contributed by atoms with Crippen molar-refractivity contribution in [3.05, 3.63) is 88.7 Å². The average molecular weight is 544 g/mol. The zero-order valence-corrected chi connectivity index (χ0v) is 23.1. The Morgan fingerprint density at radius 3 is 2.74 bits per heavy atom. The third-order valence-corrected chi connectivity index (χ3v) is 7.45. The van der Waals surface area contributed by atoms with E-state index in [2.05, 4.69) is 46.6 Å². The first-order valence-corrected chi connectivity index (χ1v) is 13.6. The lowest BCUT2D eigenvalue weighted by atomic mass is 9.72. The van der Waals surface area contributed by atoms with E-state index in [1.165, 1.54) is 23.1 Å². The van der Waals surface area contributed by atoms with Gasteiger partial charge in [-0.3, -0.25) is 4.79 Å². The molecular formula is C31H34ClN5O2. The van der Waals surface area contributed by atoms with E-state index >= 15 is 0 Å². The summed E-state index contributed by atoms with van der Waals surface area (Å²) in [6.45, 7) is 7.02. The van der Waals surface area contributed by atoms with Crippen LogP contribution in [0.25, 0.3) is 16.6 Å². The number of primary amides is 1. The molecule has 39 heavy (non-hydrogen) atoms. The predicted molar refractivity (Wildman–Crippen MR) is 158 cm³/mol. The van der Waals surface area contributed by atoms with Gasteiger partial charge in [-0.15, -0.1) is 0 Å². The van der Waals surface area contributed by atoms with Crippen molar-refractivity contribution in [2.75, 3.05) is 25.0 Å². The number of benzene rings is 2. The number of nitrogens with two attached hydrogens (primary N) is 1. The van der Waals surface area contributed by atoms with Crippen LogP contribution in [0.15, 0.2) is 72.6 Å². The topological polar surface area (TPSA) is 105 Å². The predicted octanol–water partition coefficient (Wildman–Crippen LogP) is 6.77. The van der Waals surface area contributed by atoms with Crippen LogP contribution in [0.5, 0.6) is 11.5 Å². The van der Waals surface area contributed by atoms with E-state index in [0.717, 1.165) is 47.7 Å². The summed E-state index contributed by atoms with van der Waals surface area (Å²) in [5.41, 5.74) is 12.0. The number of allylic oxidation sites excluding steroid dienone is 1. The monoisotopic (exact) mass is 543 g/mol. The quantitative estimate of drug-likeness (QED) is 0.165. The molecule has 0 spiro atoms. The number of pyridine rings is 1. The summed E-state index contributed by atoms with van der Waals surface area (Å²) in [7, 11) is 0. The number of aromatic nitrogens is 2. The van der Waals surface area contributed by atoms with E-state index in [1.54, 1.807) is 18.3 Å². The van der Waals surface area contributed by atoms with E-state index < -0.39 is 5.91 Å². The highest BCUT2D eigenvalue weighted by Gasteiger charge is 2.27. The summed E-state index contributed by atoms with van der Waals surface area (Å²) in [6, 6.07) is 17.3. The van der Waals surface area contributed by atoms with Gasteiger partial charge < -0.3 is 26.1 Å². The average Bonchev–Trinajstić information content (AvgIpc) is 3.37. The second-order valence-electron chi connectivity index (χ2n) is 10.8. The summed E-state index contributed by atoms with van der Waals surface area (Å²) < 4.78 is 6.03. The van der Waals surface area contributed by atoms with Crippen molar-refractivity contribution in [2.45, 2.75) is 33.1 Å². The van der Waals surface area contributed by atoms with Gasteiger partial charge in [-0.05, 0) is 72.2 Å². The third kappa shape index (κ3) is 6.61. The Bertz CT molecular complexity index is 1510. The minimum atomic E-state index is -0.547. The fraction of sp³-hybridized carbons (Fsp3) is 0.290. The second kappa shape index (κ2) is 11.5. The molecular weight excluding hydrogens is 510 g/mol. The van der Waals surface area contributed by atoms with Crippen molar-refractivity contribution in [3.8, 4) is 11.5 Å². The van der Waals surface area contributed by atoms with E-state index in [1.807, 2.05) is 36.5 Å². The number of halogens is 1. The Morgan fingerprint density at radius 1 is 1.13 bits per heavy atom. The van der Waals surface area contributed by atoms with Crippen molar-refractivity contribution in [1.82, 2.24) is 15.3 Å². The molecule has 1 aliphatic rings. The molecule has 8 heteroatoms. The number of anilines is 1. The first-order chi connectivity index (χ1) is 18.8. The van der Waals surface area contributed by atoms with Crippen LogP contribution in [-0.2, 0) is 0 Å². The number of amides is 1. The Morgan fingerprint density at radius 2 is 1.95 bits per heavy atom. The molecule has 0 fully saturated rings. The molecule has 2 aromatic heterocycles. The lowest BCUT2D eigenvalue weighted by Crippen LogP contribution is -2.27. The highest BCUT2D eigenvalue weighted by atomic mass is 35.5. The zero-order chi connectivity index (χ0) is 27.4. The summed E-state index contributed by atoms with van der Waals surface area (Å²) >= 11 is 6.13. The molecule has 4 aromatic rings. The van der Waals surface area contributed by atoms with Gasteiger partial charge in [0.25, 0.3) is 5.91 Å². The molecule has 0 radical (unpaired) electrons. The van der Waals surface area contributed by atoms with Gasteiger partial charge in [0.05, 0.1) is 11.8 Å². The highest BCUT2D eigenvalue weighted by molar-refractivity contribution is 6.30. The number of H-pyrrole nitrogens is 1. The molecule has 2 aromatic carbocycles. The standard InChI is InChI=1S/C31H34ClN5O2/c1-31(2)11-9-22(27(17-31)20-3-5-23(32)6-4-20)18-34-13-14-35-24-7-8-26(29(33)38)28(16-24)39-25-15-21-10-12-36-30(21)37-19-25/h3-8,10,12,15-16,19,34-35H,9,11,13-14,17-18H2,1-2H3,(H2,33,38)(H,36,37). The number of carbonyl (C=O) groups is 1. The highest BCUT2D eigenvalue weighted by Crippen LogP contribution is 2.42. The van der Waals surface area contributed by atoms with E-state index in [9.17, 15) is 4.79 Å². The van der Waals surface area contributed by atoms with Gasteiger partial charge in [0.15, 0.2) is 0 Å². The van der Waals surface area contributed by atoms with Gasteiger partial charge in [-0.2, -0.15) is 0 Å². The summed E-state index contributed by atoms with van der Waals surface area (Å²) in [6.07, 6.45) is 6.77. The Kier molecular flexibility index (Phi) is 7.91. The van der Waals surface area contributed by atoms with Crippen molar-refractivity contribution in [3.63, 3.8) is 0 Å². The molecule has 0 atom stereocenters. The van der Waals surface area contributed by atoms with Crippen molar-refractivity contribution in [1.29, 1.82) is 0 Å². The number of nitrogens with zero attached hydrogens (tertiary/aromatic N) is 1. The maximum Gasteiger partial charge on any atom is 0.252 e. The molecule has 0 saturated carbocycles. The van der Waals surface area contributed by atoms with Gasteiger partial charge in [-0.1, -0.05) is 43.2 Å². The molecule has 0 aliphatic heterocycles. The SMILES string of the molecule is CC1(C)CCC(CNCCNc2ccc(C(N)=O)c(Oc3cnc4[nH]ccc4c3)c2)=C(c2ccc(Cl)cc2)C1. The third-order valence-electron chi connectivity index (χ3n) is 7.20. The lowest BCUT2D eigenvalue weighted by Gasteiger charge is -2.34. The normalized spacial score (nSPS) is 14.9. The fourth-order valence-corrected chi connectivity index (χ4v) is 5.17. The van der Waals surface area contributed by atoms with Crippen LogP contribution in [0.4, 0.5) is 5.69 Å². The number of rotatable bonds is 10. The first-order valence-electron chi connectivity index (χ1n) is 13.2. The number of fused-ring (bicyclic) bond motifs is 1. The molecule has 2 heterocycles. The minimum absolute atomic E-state index is 0.292. The Labute approximate surface area is 233 Å². The molecule has 5 N–H and O–H groups in total. The summed E-state index contributed by atoms with van der Waals surface area (Å²) in [5, 5.41) is 8.70. The number of hydrogen-bond donors (Lipinski definition) is 4. The first kappa shape index (κ1) is 26.8.